The Kier molecular flexibility index (Phi) is 6.05. The lowest BCUT2D eigenvalue weighted by atomic mass is 9.64. The Morgan fingerprint density at radius 1 is 0.927 bits per heavy atom. The van der Waals surface area contributed by atoms with Crippen molar-refractivity contribution in [2.45, 2.75) is 37.8 Å². The normalized spacial score (nSPS) is 23.8. The Hall–Kier alpha value is -4.29. The molecule has 41 heavy (non-hydrogen) atoms. The van der Waals surface area contributed by atoms with Crippen LogP contribution in [0, 0.1) is 11.8 Å². The number of benzene rings is 3. The molecule has 1 spiro atoms. The number of thiophene rings is 1. The maximum atomic E-state index is 14.9. The van der Waals surface area contributed by atoms with Gasteiger partial charge in [0.15, 0.2) is 11.6 Å². The molecule has 4 atom stereocenters. The van der Waals surface area contributed by atoms with Gasteiger partial charge in [0.05, 0.1) is 16.8 Å². The Bertz CT molecular complexity index is 1710. The van der Waals surface area contributed by atoms with Gasteiger partial charge in [0.25, 0.3) is 0 Å². The summed E-state index contributed by atoms with van der Waals surface area (Å²) in [7, 11) is 0. The first-order valence-electron chi connectivity index (χ1n) is 14.1. The number of nitrogens with zero attached hydrogens (tertiary/aromatic N) is 1. The third-order valence-corrected chi connectivity index (χ3v) is 9.62. The summed E-state index contributed by atoms with van der Waals surface area (Å²) in [6, 6.07) is 25.5. The molecule has 4 heterocycles. The lowest BCUT2D eigenvalue weighted by molar-refractivity contribution is -0.121. The number of para-hydroxylation sites is 2. The van der Waals surface area contributed by atoms with Crippen LogP contribution in [-0.4, -0.2) is 29.6 Å². The van der Waals surface area contributed by atoms with E-state index in [0.29, 0.717) is 22.0 Å². The van der Waals surface area contributed by atoms with Crippen molar-refractivity contribution in [1.82, 2.24) is 0 Å². The quantitative estimate of drug-likeness (QED) is 0.264. The first-order chi connectivity index (χ1) is 19.9. The molecule has 0 aliphatic carbocycles. The van der Waals surface area contributed by atoms with Crippen molar-refractivity contribution in [3.05, 3.63) is 124 Å². The fourth-order valence-electron chi connectivity index (χ4n) is 7.14. The summed E-state index contributed by atoms with van der Waals surface area (Å²) >= 11 is 1.37. The molecule has 1 aromatic heterocycles. The van der Waals surface area contributed by atoms with E-state index in [9.17, 15) is 14.4 Å². The van der Waals surface area contributed by atoms with Crippen molar-refractivity contribution in [2.24, 2.45) is 11.8 Å². The van der Waals surface area contributed by atoms with Gasteiger partial charge in [-0.05, 0) is 52.6 Å². The summed E-state index contributed by atoms with van der Waals surface area (Å²) in [6.45, 7) is 4.33. The summed E-state index contributed by atoms with van der Waals surface area (Å²) in [5, 5.41) is 4.96. The van der Waals surface area contributed by atoms with Crippen LogP contribution in [0.1, 0.15) is 50.6 Å². The van der Waals surface area contributed by atoms with Crippen LogP contribution < -0.4 is 10.2 Å². The zero-order valence-corrected chi connectivity index (χ0v) is 23.7. The molecule has 204 valence electrons. The largest absolute Gasteiger partial charge is 0.352 e. The van der Waals surface area contributed by atoms with Crippen molar-refractivity contribution in [2.75, 3.05) is 10.2 Å². The van der Waals surface area contributed by atoms with Gasteiger partial charge in [0, 0.05) is 16.9 Å². The smallest absolute Gasteiger partial charge is 0.238 e. The molecule has 3 aromatic carbocycles. The molecule has 3 aliphatic heterocycles. The minimum atomic E-state index is -1.29. The monoisotopic (exact) mass is 558 g/mol. The number of amides is 1. The second-order valence-electron chi connectivity index (χ2n) is 11.6. The van der Waals surface area contributed by atoms with Crippen LogP contribution in [0.25, 0.3) is 6.08 Å². The van der Waals surface area contributed by atoms with E-state index in [-0.39, 0.29) is 17.5 Å². The first kappa shape index (κ1) is 25.7. The van der Waals surface area contributed by atoms with Gasteiger partial charge in [0.2, 0.25) is 5.91 Å². The van der Waals surface area contributed by atoms with E-state index in [2.05, 4.69) is 24.1 Å². The van der Waals surface area contributed by atoms with Crippen molar-refractivity contribution >= 4 is 46.3 Å². The van der Waals surface area contributed by atoms with E-state index in [4.69, 9.17) is 0 Å². The summed E-state index contributed by atoms with van der Waals surface area (Å²) < 4.78 is 0. The molecular formula is C35H30N2O3S. The minimum Gasteiger partial charge on any atom is -0.352 e. The summed E-state index contributed by atoms with van der Waals surface area (Å²) in [6.07, 6.45) is 4.94. The number of anilines is 2. The van der Waals surface area contributed by atoms with E-state index >= 15 is 0 Å². The molecule has 4 aromatic rings. The summed E-state index contributed by atoms with van der Waals surface area (Å²) in [5.41, 5.74) is 3.66. The predicted octanol–water partition coefficient (Wildman–Crippen LogP) is 6.80. The molecule has 0 radical (unpaired) electrons. The lowest BCUT2D eigenvalue weighted by Gasteiger charge is -2.37. The van der Waals surface area contributed by atoms with Crippen LogP contribution >= 0.6 is 11.3 Å². The third kappa shape index (κ3) is 3.77. The highest BCUT2D eigenvalue weighted by atomic mass is 32.1. The number of hydrogen-bond acceptors (Lipinski definition) is 5. The molecule has 3 aliphatic rings. The number of rotatable bonds is 6. The van der Waals surface area contributed by atoms with Gasteiger partial charge in [-0.1, -0.05) is 92.7 Å². The highest BCUT2D eigenvalue weighted by Gasteiger charge is 2.70. The number of hydrogen-bond donors (Lipinski definition) is 1. The van der Waals surface area contributed by atoms with E-state index in [1.54, 1.807) is 0 Å². The Morgan fingerprint density at radius 3 is 2.44 bits per heavy atom. The maximum Gasteiger partial charge on any atom is 0.238 e. The predicted molar refractivity (Wildman–Crippen MR) is 164 cm³/mol. The average Bonchev–Trinajstić information content (AvgIpc) is 3.69. The van der Waals surface area contributed by atoms with Gasteiger partial charge in [-0.25, -0.2) is 0 Å². The van der Waals surface area contributed by atoms with Crippen LogP contribution in [0.15, 0.2) is 96.4 Å². The molecule has 5 nitrogen and oxygen atoms in total. The number of ketones is 2. The van der Waals surface area contributed by atoms with E-state index in [1.807, 2.05) is 102 Å². The minimum absolute atomic E-state index is 0.140. The Labute approximate surface area is 243 Å². The lowest BCUT2D eigenvalue weighted by Crippen LogP contribution is -2.51. The second-order valence-corrected chi connectivity index (χ2v) is 12.5. The van der Waals surface area contributed by atoms with E-state index in [0.717, 1.165) is 28.8 Å². The van der Waals surface area contributed by atoms with Crippen LogP contribution in [0.5, 0.6) is 0 Å². The molecule has 1 fully saturated rings. The van der Waals surface area contributed by atoms with Crippen molar-refractivity contribution in [1.29, 1.82) is 0 Å². The number of nitrogens with one attached hydrogen (secondary N) is 1. The molecule has 0 saturated carbocycles. The van der Waals surface area contributed by atoms with Crippen molar-refractivity contribution in [3.63, 3.8) is 0 Å². The number of fused-ring (bicyclic) bond motifs is 6. The van der Waals surface area contributed by atoms with Gasteiger partial charge in [-0.3, -0.25) is 14.4 Å². The molecule has 1 amide bonds. The van der Waals surface area contributed by atoms with Crippen LogP contribution in [0.4, 0.5) is 11.4 Å². The highest BCUT2D eigenvalue weighted by Crippen LogP contribution is 2.58. The van der Waals surface area contributed by atoms with E-state index < -0.39 is 23.4 Å². The third-order valence-electron chi connectivity index (χ3n) is 8.74. The standard InChI is InChI=1S/C35H30N2O3S/c1-21(2)20-22-13-15-24(16-14-22)32(38)30-31(33(39)28-12-7-19-41-28)37-27-11-6-3-8-23(27)17-18-29(37)35(30)25-9-4-5-10-26(25)36-34(35)40/h3-19,21,29-31H,20H2,1-2H3,(H,36,40)/t29-,30+,31+,35+/m1/s1. The van der Waals surface area contributed by atoms with Gasteiger partial charge < -0.3 is 10.2 Å². The van der Waals surface area contributed by atoms with Gasteiger partial charge in [0.1, 0.15) is 11.5 Å². The number of carbonyl (C=O) groups is 3. The molecule has 0 bridgehead atoms. The zero-order valence-electron chi connectivity index (χ0n) is 22.9. The topological polar surface area (TPSA) is 66.5 Å². The van der Waals surface area contributed by atoms with Gasteiger partial charge >= 0.3 is 0 Å². The van der Waals surface area contributed by atoms with Crippen LogP contribution in [0.3, 0.4) is 0 Å². The molecule has 0 unspecified atom stereocenters. The zero-order chi connectivity index (χ0) is 28.3. The van der Waals surface area contributed by atoms with Gasteiger partial charge in [-0.2, -0.15) is 0 Å². The number of carbonyl (C=O) groups excluding carboxylic acids is 3. The molecular weight excluding hydrogens is 528 g/mol. The SMILES string of the molecule is CC(C)Cc1ccc(C(=O)[C@@H]2[C@@H](C(=O)c3cccs3)N3c4ccccc4C=C[C@@H]3[C@]23C(=O)Nc2ccccc23)cc1. The Morgan fingerprint density at radius 2 is 1.68 bits per heavy atom. The first-order valence-corrected chi connectivity index (χ1v) is 15.0. The number of Topliss-reactive ketones (excluding diaryl/α,β-unsaturated/α-hetero) is 2. The second kappa shape index (κ2) is 9.67. The van der Waals surface area contributed by atoms with E-state index in [1.165, 1.54) is 11.3 Å². The van der Waals surface area contributed by atoms with Gasteiger partial charge in [-0.15, -0.1) is 11.3 Å². The fraction of sp³-hybridized carbons (Fsp3) is 0.229. The highest BCUT2D eigenvalue weighted by molar-refractivity contribution is 7.12. The molecule has 6 heteroatoms. The molecule has 7 rings (SSSR count). The average molecular weight is 559 g/mol. The Balaban J connectivity index is 1.48. The molecule has 1 saturated heterocycles. The van der Waals surface area contributed by atoms with Crippen molar-refractivity contribution in [3.8, 4) is 0 Å². The molecule has 1 N–H and O–H groups in total. The maximum absolute atomic E-state index is 14.9. The van der Waals surface area contributed by atoms with Crippen LogP contribution in [-0.2, 0) is 16.6 Å². The van der Waals surface area contributed by atoms with Crippen molar-refractivity contribution < 1.29 is 14.4 Å². The summed E-state index contributed by atoms with van der Waals surface area (Å²) in [4.78, 5) is 46.4. The summed E-state index contributed by atoms with van der Waals surface area (Å²) in [5.74, 6) is -1.03. The fourth-order valence-corrected chi connectivity index (χ4v) is 7.84. The van der Waals surface area contributed by atoms with Crippen LogP contribution in [0.2, 0.25) is 0 Å².